The van der Waals surface area contributed by atoms with Gasteiger partial charge in [0.2, 0.25) is 5.95 Å². The minimum atomic E-state index is 0.0331. The van der Waals surface area contributed by atoms with E-state index in [4.69, 9.17) is 22.1 Å². The molecule has 1 unspecified atom stereocenters. The van der Waals surface area contributed by atoms with Crippen LogP contribution in [0.4, 0.5) is 5.95 Å². The molecule has 0 radical (unpaired) electrons. The first-order valence-electron chi connectivity index (χ1n) is 11.0. The van der Waals surface area contributed by atoms with Gasteiger partial charge < -0.3 is 15.4 Å². The van der Waals surface area contributed by atoms with Gasteiger partial charge in [-0.15, -0.1) is 0 Å². The molecule has 4 aliphatic rings. The van der Waals surface area contributed by atoms with Crippen molar-refractivity contribution < 1.29 is 4.74 Å². The molecular weight excluding hydrogens is 374 g/mol. The van der Waals surface area contributed by atoms with Crippen LogP contribution in [-0.2, 0) is 4.74 Å². The van der Waals surface area contributed by atoms with E-state index in [0.29, 0.717) is 23.0 Å². The maximum atomic E-state index is 6.61. The van der Waals surface area contributed by atoms with Crippen LogP contribution in [-0.4, -0.2) is 58.4 Å². The van der Waals surface area contributed by atoms with Crippen molar-refractivity contribution in [2.75, 3.05) is 24.6 Å². The van der Waals surface area contributed by atoms with Crippen LogP contribution in [0.1, 0.15) is 51.9 Å². The summed E-state index contributed by atoms with van der Waals surface area (Å²) < 4.78 is 6.26. The van der Waals surface area contributed by atoms with Crippen molar-refractivity contribution in [2.24, 2.45) is 17.6 Å². The number of hydrogen-bond acceptors (Lipinski definition) is 6. The van der Waals surface area contributed by atoms with Crippen molar-refractivity contribution in [3.8, 4) is 0 Å². The monoisotopic (exact) mass is 405 g/mol. The second-order valence-corrected chi connectivity index (χ2v) is 9.66. The zero-order valence-corrected chi connectivity index (χ0v) is 17.5. The van der Waals surface area contributed by atoms with Crippen molar-refractivity contribution in [1.29, 1.82) is 0 Å². The second kappa shape index (κ2) is 7.38. The van der Waals surface area contributed by atoms with Gasteiger partial charge >= 0.3 is 0 Å². The molecule has 5 atom stereocenters. The lowest BCUT2D eigenvalue weighted by atomic mass is 9.74. The van der Waals surface area contributed by atoms with Crippen molar-refractivity contribution >= 4 is 17.5 Å². The highest BCUT2D eigenvalue weighted by Crippen LogP contribution is 2.51. The lowest BCUT2D eigenvalue weighted by Gasteiger charge is -2.48. The van der Waals surface area contributed by atoms with E-state index in [9.17, 15) is 0 Å². The Morgan fingerprint density at radius 2 is 1.86 bits per heavy atom. The molecule has 7 heteroatoms. The van der Waals surface area contributed by atoms with Gasteiger partial charge in [0.1, 0.15) is 0 Å². The Morgan fingerprint density at radius 3 is 2.46 bits per heavy atom. The largest absolute Gasteiger partial charge is 0.376 e. The van der Waals surface area contributed by atoms with Crippen LogP contribution in [0.5, 0.6) is 0 Å². The molecule has 28 heavy (non-hydrogen) atoms. The van der Waals surface area contributed by atoms with E-state index in [-0.39, 0.29) is 11.8 Å². The van der Waals surface area contributed by atoms with Crippen molar-refractivity contribution in [1.82, 2.24) is 14.9 Å². The summed E-state index contributed by atoms with van der Waals surface area (Å²) in [7, 11) is 0. The predicted octanol–water partition coefficient (Wildman–Crippen LogP) is 3.05. The second-order valence-electron chi connectivity index (χ2n) is 9.22. The van der Waals surface area contributed by atoms with Gasteiger partial charge in [-0.05, 0) is 63.7 Å². The highest BCUT2D eigenvalue weighted by atomic mass is 35.5. The average molecular weight is 406 g/mol. The molecule has 0 spiro atoms. The molecule has 5 rings (SSSR count). The SMILES string of the molecule is CCO[C@@H]1CN(c2ncc(Cl)cn2)CC[C@@H]1C1C[C@H]2CC[C@@H](C1)N2C1(N)CC1. The molecular formula is C21H32ClN5O. The summed E-state index contributed by atoms with van der Waals surface area (Å²) in [5.74, 6) is 2.14. The average Bonchev–Trinajstić information content (AvgIpc) is 3.38. The Bertz CT molecular complexity index is 683. The number of halogens is 1. The molecule has 2 N–H and O–H groups in total. The van der Waals surface area contributed by atoms with Gasteiger partial charge in [-0.3, -0.25) is 4.90 Å². The number of ether oxygens (including phenoxy) is 1. The smallest absolute Gasteiger partial charge is 0.225 e. The summed E-state index contributed by atoms with van der Waals surface area (Å²) in [6.07, 6.45) is 12.4. The molecule has 0 amide bonds. The lowest BCUT2D eigenvalue weighted by molar-refractivity contribution is -0.0406. The predicted molar refractivity (Wildman–Crippen MR) is 110 cm³/mol. The van der Waals surface area contributed by atoms with Crippen molar-refractivity contribution in [2.45, 2.75) is 75.7 Å². The maximum Gasteiger partial charge on any atom is 0.225 e. The first-order valence-corrected chi connectivity index (χ1v) is 11.4. The van der Waals surface area contributed by atoms with Gasteiger partial charge in [-0.25, -0.2) is 9.97 Å². The van der Waals surface area contributed by atoms with E-state index >= 15 is 0 Å². The van der Waals surface area contributed by atoms with Crippen LogP contribution >= 0.6 is 11.6 Å². The standard InChI is InChI=1S/C21H32ClN5O/c1-2-28-19-13-26(20-24-11-15(22)12-25-20)8-5-18(19)14-9-16-3-4-17(10-14)27(16)21(23)6-7-21/h11-12,14,16-19H,2-10,13,23H2,1H3/t14?,16-,17+,18-,19-/m1/s1. The van der Waals surface area contributed by atoms with Gasteiger partial charge in [-0.1, -0.05) is 11.6 Å². The molecule has 3 saturated heterocycles. The molecule has 2 bridgehead atoms. The molecule has 4 heterocycles. The van der Waals surface area contributed by atoms with E-state index in [1.54, 1.807) is 12.4 Å². The van der Waals surface area contributed by atoms with Crippen LogP contribution in [0.2, 0.25) is 5.02 Å². The summed E-state index contributed by atoms with van der Waals surface area (Å²) in [4.78, 5) is 13.8. The fourth-order valence-electron chi connectivity index (χ4n) is 6.20. The number of rotatable bonds is 5. The number of fused-ring (bicyclic) bond motifs is 2. The molecule has 4 fully saturated rings. The maximum absolute atomic E-state index is 6.61. The number of nitrogens with two attached hydrogens (primary N) is 1. The quantitative estimate of drug-likeness (QED) is 0.812. The summed E-state index contributed by atoms with van der Waals surface area (Å²) in [6.45, 7) is 4.73. The molecule has 3 aliphatic heterocycles. The zero-order valence-electron chi connectivity index (χ0n) is 16.8. The Kier molecular flexibility index (Phi) is 5.02. The Hall–Kier alpha value is -0.950. The molecule has 0 aromatic carbocycles. The summed E-state index contributed by atoms with van der Waals surface area (Å²) in [5, 5.41) is 0.579. The molecule has 1 aromatic heterocycles. The summed E-state index contributed by atoms with van der Waals surface area (Å²) in [6, 6.07) is 1.38. The first kappa shape index (κ1) is 19.0. The van der Waals surface area contributed by atoms with Gasteiger partial charge in [-0.2, -0.15) is 0 Å². The highest BCUT2D eigenvalue weighted by Gasteiger charge is 2.55. The third-order valence-corrected chi connectivity index (χ3v) is 7.73. The number of piperidine rings is 2. The number of aromatic nitrogens is 2. The first-order chi connectivity index (χ1) is 13.6. The van der Waals surface area contributed by atoms with Crippen LogP contribution in [0.15, 0.2) is 12.4 Å². The fourth-order valence-corrected chi connectivity index (χ4v) is 6.29. The highest BCUT2D eigenvalue weighted by molar-refractivity contribution is 6.30. The van der Waals surface area contributed by atoms with E-state index in [1.165, 1.54) is 38.5 Å². The van der Waals surface area contributed by atoms with Crippen LogP contribution in [0.25, 0.3) is 0 Å². The number of anilines is 1. The van der Waals surface area contributed by atoms with Crippen LogP contribution in [0, 0.1) is 11.8 Å². The lowest BCUT2D eigenvalue weighted by Crippen LogP contribution is -2.57. The number of hydrogen-bond donors (Lipinski definition) is 1. The normalized spacial score (nSPS) is 37.2. The van der Waals surface area contributed by atoms with E-state index in [0.717, 1.165) is 38.0 Å². The van der Waals surface area contributed by atoms with Gasteiger partial charge in [0.15, 0.2) is 0 Å². The van der Waals surface area contributed by atoms with Crippen molar-refractivity contribution in [3.05, 3.63) is 17.4 Å². The van der Waals surface area contributed by atoms with Crippen molar-refractivity contribution in [3.63, 3.8) is 0 Å². The third kappa shape index (κ3) is 3.42. The fraction of sp³-hybridized carbons (Fsp3) is 0.810. The Balaban J connectivity index is 1.28. The Labute approximate surface area is 172 Å². The number of nitrogens with zero attached hydrogens (tertiary/aromatic N) is 4. The summed E-state index contributed by atoms with van der Waals surface area (Å²) >= 11 is 5.95. The van der Waals surface area contributed by atoms with E-state index < -0.39 is 0 Å². The molecule has 1 aromatic rings. The van der Waals surface area contributed by atoms with Gasteiger partial charge in [0.05, 0.1) is 29.2 Å². The van der Waals surface area contributed by atoms with Gasteiger partial charge in [0, 0.05) is 31.8 Å². The Morgan fingerprint density at radius 1 is 1.18 bits per heavy atom. The topological polar surface area (TPSA) is 67.5 Å². The van der Waals surface area contributed by atoms with E-state index in [1.807, 2.05) is 0 Å². The third-order valence-electron chi connectivity index (χ3n) is 7.53. The summed E-state index contributed by atoms with van der Waals surface area (Å²) in [5.41, 5.74) is 6.64. The van der Waals surface area contributed by atoms with Gasteiger partial charge in [0.25, 0.3) is 0 Å². The van der Waals surface area contributed by atoms with E-state index in [2.05, 4.69) is 26.7 Å². The zero-order chi connectivity index (χ0) is 19.3. The molecule has 1 saturated carbocycles. The minimum absolute atomic E-state index is 0.0331. The molecule has 154 valence electrons. The molecule has 6 nitrogen and oxygen atoms in total. The minimum Gasteiger partial charge on any atom is -0.376 e. The van der Waals surface area contributed by atoms with Crippen LogP contribution in [0.3, 0.4) is 0 Å². The van der Waals surface area contributed by atoms with Crippen LogP contribution < -0.4 is 10.6 Å². The molecule has 1 aliphatic carbocycles.